The molecule has 1 N–H and O–H groups in total. The molecular weight excluding hydrogens is 326 g/mol. The van der Waals surface area contributed by atoms with Gasteiger partial charge in [0.2, 0.25) is 0 Å². The van der Waals surface area contributed by atoms with Gasteiger partial charge in [0.1, 0.15) is 0 Å². The highest BCUT2D eigenvalue weighted by molar-refractivity contribution is 6.09. The molecule has 0 unspecified atom stereocenters. The number of carbonyl (C=O) groups excluding carboxylic acids is 2. The Morgan fingerprint density at radius 1 is 1.00 bits per heavy atom. The van der Waals surface area contributed by atoms with E-state index in [0.29, 0.717) is 12.6 Å². The van der Waals surface area contributed by atoms with Gasteiger partial charge >= 0.3 is 6.03 Å². The lowest BCUT2D eigenvalue weighted by Gasteiger charge is -2.28. The highest BCUT2D eigenvalue weighted by atomic mass is 16.2. The van der Waals surface area contributed by atoms with Crippen molar-refractivity contribution in [2.24, 2.45) is 5.92 Å². The maximum absolute atomic E-state index is 13.5. The van der Waals surface area contributed by atoms with Crippen LogP contribution in [0.4, 0.5) is 4.79 Å². The summed E-state index contributed by atoms with van der Waals surface area (Å²) in [4.78, 5) is 29.6. The predicted octanol–water partition coefficient (Wildman–Crippen LogP) is 2.78. The van der Waals surface area contributed by atoms with Crippen LogP contribution in [0.1, 0.15) is 24.0 Å². The normalized spacial score (nSPS) is 19.1. The Hall–Kier alpha value is -2.66. The number of nitrogens with one attached hydrogen (secondary N) is 1. The van der Waals surface area contributed by atoms with Gasteiger partial charge < -0.3 is 5.32 Å². The van der Waals surface area contributed by atoms with Crippen molar-refractivity contribution >= 4 is 11.9 Å². The summed E-state index contributed by atoms with van der Waals surface area (Å²) >= 11 is 0. The Bertz CT molecular complexity index is 763. The monoisotopic (exact) mass is 349 g/mol. The van der Waals surface area contributed by atoms with E-state index < -0.39 is 5.54 Å². The van der Waals surface area contributed by atoms with Gasteiger partial charge in [-0.1, -0.05) is 60.7 Å². The Morgan fingerprint density at radius 2 is 1.54 bits per heavy atom. The topological polar surface area (TPSA) is 52.6 Å². The van der Waals surface area contributed by atoms with Crippen LogP contribution in [0.25, 0.3) is 0 Å². The molecule has 1 saturated heterocycles. The van der Waals surface area contributed by atoms with Gasteiger partial charge in [0.05, 0.1) is 6.67 Å². The van der Waals surface area contributed by atoms with Crippen LogP contribution in [-0.2, 0) is 10.3 Å². The summed E-state index contributed by atoms with van der Waals surface area (Å²) in [5, 5.41) is 2.98. The molecule has 1 saturated carbocycles. The second kappa shape index (κ2) is 6.57. The van der Waals surface area contributed by atoms with Crippen LogP contribution in [0.5, 0.6) is 0 Å². The number of urea groups is 1. The van der Waals surface area contributed by atoms with Crippen molar-refractivity contribution < 1.29 is 9.59 Å². The van der Waals surface area contributed by atoms with Gasteiger partial charge in [0.15, 0.2) is 5.54 Å². The van der Waals surface area contributed by atoms with Crippen LogP contribution in [0.2, 0.25) is 0 Å². The van der Waals surface area contributed by atoms with Gasteiger partial charge in [-0.05, 0) is 36.9 Å². The van der Waals surface area contributed by atoms with Crippen molar-refractivity contribution in [2.45, 2.75) is 18.4 Å². The molecule has 0 aromatic heterocycles. The van der Waals surface area contributed by atoms with E-state index in [1.807, 2.05) is 67.7 Å². The van der Waals surface area contributed by atoms with Crippen LogP contribution >= 0.6 is 0 Å². The Morgan fingerprint density at radius 3 is 2.04 bits per heavy atom. The average molecular weight is 349 g/mol. The van der Waals surface area contributed by atoms with Crippen LogP contribution in [-0.4, -0.2) is 42.0 Å². The zero-order valence-electron chi connectivity index (χ0n) is 14.9. The van der Waals surface area contributed by atoms with Crippen molar-refractivity contribution in [1.82, 2.24) is 15.1 Å². The highest BCUT2D eigenvalue weighted by Crippen LogP contribution is 2.36. The zero-order valence-corrected chi connectivity index (χ0v) is 14.9. The van der Waals surface area contributed by atoms with E-state index >= 15 is 0 Å². The van der Waals surface area contributed by atoms with Crippen molar-refractivity contribution in [2.75, 3.05) is 20.3 Å². The lowest BCUT2D eigenvalue weighted by Crippen LogP contribution is -2.46. The van der Waals surface area contributed by atoms with Crippen molar-refractivity contribution in [3.05, 3.63) is 71.8 Å². The SMILES string of the molecule is CN(CC1CC1)CN1C(=O)NC(c2ccccc2)(c2ccccc2)C1=O. The van der Waals surface area contributed by atoms with Gasteiger partial charge in [-0.2, -0.15) is 0 Å². The maximum Gasteiger partial charge on any atom is 0.326 e. The summed E-state index contributed by atoms with van der Waals surface area (Å²) in [6, 6.07) is 18.6. The van der Waals surface area contributed by atoms with E-state index in [4.69, 9.17) is 0 Å². The molecule has 0 radical (unpaired) electrons. The lowest BCUT2D eigenvalue weighted by atomic mass is 9.83. The number of imide groups is 1. The fourth-order valence-corrected chi connectivity index (χ4v) is 3.68. The minimum Gasteiger partial charge on any atom is -0.315 e. The minimum absolute atomic E-state index is 0.220. The number of benzene rings is 2. The van der Waals surface area contributed by atoms with Gasteiger partial charge in [-0.15, -0.1) is 0 Å². The summed E-state index contributed by atoms with van der Waals surface area (Å²) in [5.41, 5.74) is 0.383. The van der Waals surface area contributed by atoms with Crippen LogP contribution in [0, 0.1) is 5.92 Å². The summed E-state index contributed by atoms with van der Waals surface area (Å²) in [6.07, 6.45) is 2.48. The highest BCUT2D eigenvalue weighted by Gasteiger charge is 2.53. The van der Waals surface area contributed by atoms with Gasteiger partial charge in [0, 0.05) is 6.54 Å². The first-order chi connectivity index (χ1) is 12.6. The van der Waals surface area contributed by atoms with Gasteiger partial charge in [-0.3, -0.25) is 9.69 Å². The molecule has 0 atom stereocenters. The quantitative estimate of drug-likeness (QED) is 0.816. The standard InChI is InChI=1S/C21H23N3O2/c1-23(14-16-12-13-16)15-24-19(25)21(22-20(24)26,17-8-4-2-5-9-17)18-10-6-3-7-11-18/h2-11,16H,12-15H2,1H3,(H,22,26). The molecule has 1 aliphatic heterocycles. The average Bonchev–Trinajstić information content (AvgIpc) is 3.44. The summed E-state index contributed by atoms with van der Waals surface area (Å²) in [6.45, 7) is 1.23. The van der Waals surface area contributed by atoms with Crippen molar-refractivity contribution in [3.8, 4) is 0 Å². The van der Waals surface area contributed by atoms with Gasteiger partial charge in [-0.25, -0.2) is 9.69 Å². The number of hydrogen-bond donors (Lipinski definition) is 1. The zero-order chi connectivity index (χ0) is 18.1. The third-order valence-electron chi connectivity index (χ3n) is 5.17. The molecule has 2 aromatic rings. The van der Waals surface area contributed by atoms with E-state index in [-0.39, 0.29) is 11.9 Å². The molecule has 1 heterocycles. The molecule has 3 amide bonds. The third-order valence-corrected chi connectivity index (χ3v) is 5.17. The molecule has 0 spiro atoms. The largest absolute Gasteiger partial charge is 0.326 e. The lowest BCUT2D eigenvalue weighted by molar-refractivity contribution is -0.131. The fraction of sp³-hybridized carbons (Fsp3) is 0.333. The van der Waals surface area contributed by atoms with E-state index in [2.05, 4.69) is 10.2 Å². The molecule has 134 valence electrons. The maximum atomic E-state index is 13.5. The summed E-state index contributed by atoms with van der Waals surface area (Å²) in [7, 11) is 1.96. The molecular formula is C21H23N3O2. The molecule has 4 rings (SSSR count). The summed E-state index contributed by atoms with van der Waals surface area (Å²) in [5.74, 6) is 0.483. The first kappa shape index (κ1) is 16.8. The van der Waals surface area contributed by atoms with Crippen LogP contribution in [0.3, 0.4) is 0 Å². The molecule has 2 aliphatic rings. The van der Waals surface area contributed by atoms with Crippen LogP contribution in [0.15, 0.2) is 60.7 Å². The molecule has 1 aliphatic carbocycles. The second-order valence-corrected chi connectivity index (χ2v) is 7.27. The van der Waals surface area contributed by atoms with Crippen molar-refractivity contribution in [1.29, 1.82) is 0 Å². The first-order valence-electron chi connectivity index (χ1n) is 9.05. The first-order valence-corrected chi connectivity index (χ1v) is 9.05. The van der Waals surface area contributed by atoms with E-state index in [1.54, 1.807) is 0 Å². The molecule has 2 aromatic carbocycles. The Labute approximate surface area is 153 Å². The van der Waals surface area contributed by atoms with Gasteiger partial charge in [0.25, 0.3) is 5.91 Å². The number of nitrogens with zero attached hydrogens (tertiary/aromatic N) is 2. The number of rotatable bonds is 6. The summed E-state index contributed by atoms with van der Waals surface area (Å²) < 4.78 is 0. The predicted molar refractivity (Wildman–Crippen MR) is 99.3 cm³/mol. The number of hydrogen-bond acceptors (Lipinski definition) is 3. The number of amides is 3. The van der Waals surface area contributed by atoms with Crippen molar-refractivity contribution in [3.63, 3.8) is 0 Å². The number of carbonyl (C=O) groups is 2. The van der Waals surface area contributed by atoms with E-state index in [9.17, 15) is 9.59 Å². The smallest absolute Gasteiger partial charge is 0.315 e. The molecule has 5 heteroatoms. The third kappa shape index (κ3) is 2.88. The Kier molecular flexibility index (Phi) is 4.24. The van der Waals surface area contributed by atoms with E-state index in [1.165, 1.54) is 17.7 Å². The Balaban J connectivity index is 1.70. The second-order valence-electron chi connectivity index (χ2n) is 7.27. The van der Waals surface area contributed by atoms with E-state index in [0.717, 1.165) is 17.7 Å². The minimum atomic E-state index is -1.17. The molecule has 0 bridgehead atoms. The molecule has 26 heavy (non-hydrogen) atoms. The molecule has 2 fully saturated rings. The van der Waals surface area contributed by atoms with Crippen LogP contribution < -0.4 is 5.32 Å². The molecule has 5 nitrogen and oxygen atoms in total. The fourth-order valence-electron chi connectivity index (χ4n) is 3.68.